The summed E-state index contributed by atoms with van der Waals surface area (Å²) in [6, 6.07) is 7.74. The number of carbonyl (C=O) groups excluding carboxylic acids is 4. The molecule has 2 aromatic rings. The maximum Gasteiger partial charge on any atom is 0.303 e. The minimum Gasteiger partial charge on any atom is -0.462 e. The van der Waals surface area contributed by atoms with Gasteiger partial charge in [0, 0.05) is 32.2 Å². The minimum atomic E-state index is -0.769. The molecule has 12 heteroatoms. The van der Waals surface area contributed by atoms with E-state index in [1.165, 1.54) is 29.5 Å². The first kappa shape index (κ1) is 28.7. The van der Waals surface area contributed by atoms with E-state index in [2.05, 4.69) is 10.4 Å². The van der Waals surface area contributed by atoms with Crippen LogP contribution in [0, 0.1) is 5.92 Å². The molecule has 0 aliphatic carbocycles. The Balaban J connectivity index is 1.66. The van der Waals surface area contributed by atoms with Crippen molar-refractivity contribution in [2.24, 2.45) is 5.92 Å². The average molecular weight is 547 g/mol. The molecule has 1 aliphatic heterocycles. The molecule has 2 heterocycles. The molecule has 0 unspecified atom stereocenters. The van der Waals surface area contributed by atoms with E-state index in [0.29, 0.717) is 23.0 Å². The maximum absolute atomic E-state index is 13.3. The molecule has 11 nitrogen and oxygen atoms in total. The number of aromatic nitrogens is 2. The van der Waals surface area contributed by atoms with Gasteiger partial charge in [0.25, 0.3) is 5.91 Å². The van der Waals surface area contributed by atoms with Gasteiger partial charge in [-0.15, -0.1) is 0 Å². The number of carbonyl (C=O) groups is 4. The molecule has 1 aromatic carbocycles. The molecule has 1 aliphatic rings. The van der Waals surface area contributed by atoms with Gasteiger partial charge in [-0.05, 0) is 24.5 Å². The fourth-order valence-electron chi connectivity index (χ4n) is 3.85. The molecule has 1 aromatic heterocycles. The highest BCUT2D eigenvalue weighted by Crippen LogP contribution is 2.28. The molecule has 0 saturated heterocycles. The zero-order chi connectivity index (χ0) is 27.8. The first-order valence-corrected chi connectivity index (χ1v) is 12.5. The van der Waals surface area contributed by atoms with Crippen molar-refractivity contribution in [3.05, 3.63) is 53.4 Å². The molecule has 2 amide bonds. The van der Waals surface area contributed by atoms with Crippen LogP contribution in [0.4, 0.5) is 5.82 Å². The summed E-state index contributed by atoms with van der Waals surface area (Å²) >= 11 is 6.17. The Morgan fingerprint density at radius 2 is 1.87 bits per heavy atom. The topological polar surface area (TPSA) is 129 Å². The van der Waals surface area contributed by atoms with Crippen LogP contribution in [0.1, 0.15) is 34.1 Å². The second kappa shape index (κ2) is 13.1. The average Bonchev–Trinajstić information content (AvgIpc) is 3.42. The number of rotatable bonds is 12. The van der Waals surface area contributed by atoms with Crippen LogP contribution in [0.5, 0.6) is 5.75 Å². The number of benzene rings is 1. The summed E-state index contributed by atoms with van der Waals surface area (Å²) < 4.78 is 17.4. The summed E-state index contributed by atoms with van der Waals surface area (Å²) in [6.07, 6.45) is 2.62. The number of nitrogens with one attached hydrogen (secondary N) is 1. The van der Waals surface area contributed by atoms with Crippen LogP contribution in [0.2, 0.25) is 5.02 Å². The number of esters is 2. The number of amides is 2. The molecule has 38 heavy (non-hydrogen) atoms. The number of para-hydroxylation sites is 1. The van der Waals surface area contributed by atoms with E-state index in [0.717, 1.165) is 0 Å². The van der Waals surface area contributed by atoms with Gasteiger partial charge >= 0.3 is 11.9 Å². The van der Waals surface area contributed by atoms with Crippen molar-refractivity contribution in [3.8, 4) is 5.75 Å². The van der Waals surface area contributed by atoms with Gasteiger partial charge in [0.15, 0.2) is 11.9 Å². The van der Waals surface area contributed by atoms with Gasteiger partial charge < -0.3 is 24.4 Å². The summed E-state index contributed by atoms with van der Waals surface area (Å²) in [4.78, 5) is 50.1. The Labute approximate surface area is 225 Å². The standard InChI is InChI=1S/C26H31ClN4O7/c1-16(2)11-22(31-14-19(12-25(31)34)38-23-8-6-5-7-21(23)27)26(35)28-24-9-10-30(29-24)13-20(37-18(4)33)15-36-17(3)32/h5-10,12,16,20,22H,11,13-15H2,1-4H3,(H,28,29,35)/t20-,22+/m1/s1. The molecule has 0 fully saturated rings. The Hall–Kier alpha value is -3.86. The highest BCUT2D eigenvalue weighted by molar-refractivity contribution is 6.32. The monoisotopic (exact) mass is 546 g/mol. The molecule has 0 saturated carbocycles. The van der Waals surface area contributed by atoms with Crippen LogP contribution in [-0.4, -0.2) is 63.7 Å². The van der Waals surface area contributed by atoms with Crippen molar-refractivity contribution in [3.63, 3.8) is 0 Å². The lowest BCUT2D eigenvalue weighted by Gasteiger charge is -2.28. The van der Waals surface area contributed by atoms with Crippen LogP contribution >= 0.6 is 11.6 Å². The maximum atomic E-state index is 13.3. The zero-order valence-electron chi connectivity index (χ0n) is 21.7. The molecule has 0 spiro atoms. The van der Waals surface area contributed by atoms with Gasteiger partial charge in [0.1, 0.15) is 24.2 Å². The van der Waals surface area contributed by atoms with Gasteiger partial charge in [-0.1, -0.05) is 37.6 Å². The quantitative estimate of drug-likeness (QED) is 0.402. The van der Waals surface area contributed by atoms with Crippen molar-refractivity contribution in [2.45, 2.75) is 52.8 Å². The summed E-state index contributed by atoms with van der Waals surface area (Å²) in [5.41, 5.74) is 0. The fraction of sp³-hybridized carbons (Fsp3) is 0.423. The zero-order valence-corrected chi connectivity index (χ0v) is 22.4. The van der Waals surface area contributed by atoms with E-state index in [4.69, 9.17) is 25.8 Å². The highest BCUT2D eigenvalue weighted by atomic mass is 35.5. The van der Waals surface area contributed by atoms with Crippen molar-refractivity contribution in [1.29, 1.82) is 0 Å². The second-order valence-corrected chi connectivity index (χ2v) is 9.61. The Morgan fingerprint density at radius 1 is 1.13 bits per heavy atom. The third kappa shape index (κ3) is 8.34. The van der Waals surface area contributed by atoms with E-state index in [1.54, 1.807) is 36.5 Å². The van der Waals surface area contributed by atoms with E-state index in [9.17, 15) is 19.2 Å². The highest BCUT2D eigenvalue weighted by Gasteiger charge is 2.35. The molecule has 3 rings (SSSR count). The Kier molecular flexibility index (Phi) is 9.89. The van der Waals surface area contributed by atoms with Gasteiger partial charge in [-0.2, -0.15) is 5.10 Å². The van der Waals surface area contributed by atoms with Crippen LogP contribution < -0.4 is 10.1 Å². The predicted octanol–water partition coefficient (Wildman–Crippen LogP) is 3.19. The van der Waals surface area contributed by atoms with E-state index in [-0.39, 0.29) is 37.3 Å². The number of anilines is 1. The number of hydrogen-bond acceptors (Lipinski definition) is 8. The van der Waals surface area contributed by atoms with E-state index < -0.39 is 30.0 Å². The molecule has 1 N–H and O–H groups in total. The summed E-state index contributed by atoms with van der Waals surface area (Å²) in [6.45, 7) is 6.52. The third-order valence-corrected chi connectivity index (χ3v) is 5.74. The van der Waals surface area contributed by atoms with Gasteiger partial charge in [0.2, 0.25) is 5.91 Å². The summed E-state index contributed by atoms with van der Waals surface area (Å²) in [7, 11) is 0. The van der Waals surface area contributed by atoms with E-state index in [1.807, 2.05) is 13.8 Å². The third-order valence-electron chi connectivity index (χ3n) is 5.43. The first-order valence-electron chi connectivity index (χ1n) is 12.1. The van der Waals surface area contributed by atoms with Crippen LogP contribution in [0.3, 0.4) is 0 Å². The van der Waals surface area contributed by atoms with Crippen LogP contribution in [-0.2, 0) is 35.2 Å². The smallest absolute Gasteiger partial charge is 0.303 e. The summed E-state index contributed by atoms with van der Waals surface area (Å²) in [5, 5.41) is 7.48. The molecule has 0 bridgehead atoms. The van der Waals surface area contributed by atoms with Crippen molar-refractivity contribution in [1.82, 2.24) is 14.7 Å². The van der Waals surface area contributed by atoms with Gasteiger partial charge in [0.05, 0.1) is 18.1 Å². The molecular weight excluding hydrogens is 516 g/mol. The van der Waals surface area contributed by atoms with Crippen molar-refractivity contribution < 1.29 is 33.4 Å². The number of halogens is 1. The Bertz CT molecular complexity index is 1210. The molecule has 2 atom stereocenters. The largest absolute Gasteiger partial charge is 0.462 e. The lowest BCUT2D eigenvalue weighted by molar-refractivity contribution is -0.157. The van der Waals surface area contributed by atoms with Gasteiger partial charge in [-0.25, -0.2) is 0 Å². The summed E-state index contributed by atoms with van der Waals surface area (Å²) in [5.74, 6) is -0.585. The van der Waals surface area contributed by atoms with Gasteiger partial charge in [-0.3, -0.25) is 23.9 Å². The Morgan fingerprint density at radius 3 is 2.53 bits per heavy atom. The molecule has 0 radical (unpaired) electrons. The first-order chi connectivity index (χ1) is 18.0. The SMILES string of the molecule is CC(=O)OC[C@@H](Cn1ccc(NC(=O)[C@H](CC(C)C)N2CC(Oc3ccccc3Cl)=CC2=O)n1)OC(C)=O. The normalized spacial score (nSPS) is 14.6. The predicted molar refractivity (Wildman–Crippen MR) is 138 cm³/mol. The number of ether oxygens (including phenoxy) is 3. The lowest BCUT2D eigenvalue weighted by Crippen LogP contribution is -2.46. The van der Waals surface area contributed by atoms with Crippen molar-refractivity contribution >= 4 is 41.2 Å². The number of hydrogen-bond donors (Lipinski definition) is 1. The minimum absolute atomic E-state index is 0.107. The van der Waals surface area contributed by atoms with Crippen LogP contribution in [0.25, 0.3) is 0 Å². The molecular formula is C26H31ClN4O7. The second-order valence-electron chi connectivity index (χ2n) is 9.20. The lowest BCUT2D eigenvalue weighted by atomic mass is 10.0. The fourth-order valence-corrected chi connectivity index (χ4v) is 4.02. The van der Waals surface area contributed by atoms with Crippen LogP contribution in [0.15, 0.2) is 48.4 Å². The van der Waals surface area contributed by atoms with Crippen molar-refractivity contribution in [2.75, 3.05) is 18.5 Å². The van der Waals surface area contributed by atoms with E-state index >= 15 is 0 Å². The number of nitrogens with zero attached hydrogens (tertiary/aromatic N) is 3. The molecule has 204 valence electrons.